The largest absolute Gasteiger partial charge is 0.336 e. The van der Waals surface area contributed by atoms with Crippen LogP contribution in [0.25, 0.3) is 0 Å². The summed E-state index contributed by atoms with van der Waals surface area (Å²) >= 11 is 3.41. The van der Waals surface area contributed by atoms with Crippen LogP contribution in [0.2, 0.25) is 0 Å². The zero-order valence-corrected chi connectivity index (χ0v) is 16.4. The molecule has 1 aromatic carbocycles. The molecule has 2 aromatic rings. The highest BCUT2D eigenvalue weighted by Gasteiger charge is 2.22. The molecule has 0 aliphatic carbocycles. The fourth-order valence-electron chi connectivity index (χ4n) is 3.21. The van der Waals surface area contributed by atoms with E-state index in [9.17, 15) is 4.79 Å². The average molecular weight is 405 g/mol. The Kier molecular flexibility index (Phi) is 5.91. The molecule has 0 N–H and O–H groups in total. The van der Waals surface area contributed by atoms with Crippen molar-refractivity contribution in [3.8, 4) is 0 Å². The molecule has 0 unspecified atom stereocenters. The summed E-state index contributed by atoms with van der Waals surface area (Å²) in [6.45, 7) is 9.72. The summed E-state index contributed by atoms with van der Waals surface area (Å²) in [6.07, 6.45) is 3.94. The summed E-state index contributed by atoms with van der Waals surface area (Å²) in [5, 5.41) is 0. The topological polar surface area (TPSA) is 41.4 Å². The molecule has 3 rings (SSSR count). The van der Waals surface area contributed by atoms with Gasteiger partial charge in [-0.25, -0.2) is 4.98 Å². The summed E-state index contributed by atoms with van der Waals surface area (Å²) in [4.78, 5) is 21.4. The molecule has 1 aliphatic heterocycles. The zero-order valence-electron chi connectivity index (χ0n) is 14.9. The van der Waals surface area contributed by atoms with Gasteiger partial charge in [0.2, 0.25) is 0 Å². The van der Waals surface area contributed by atoms with Crippen LogP contribution in [0.15, 0.2) is 41.1 Å². The first-order valence-corrected chi connectivity index (χ1v) is 9.62. The van der Waals surface area contributed by atoms with Crippen molar-refractivity contribution in [2.45, 2.75) is 26.3 Å². The number of carbonyl (C=O) groups excluding carboxylic acids is 1. The first-order chi connectivity index (χ1) is 12.0. The third-order valence-corrected chi connectivity index (χ3v) is 5.20. The molecule has 2 heterocycles. The lowest BCUT2D eigenvalue weighted by molar-refractivity contribution is 0.0633. The molecule has 1 amide bonds. The van der Waals surface area contributed by atoms with Crippen molar-refractivity contribution in [1.29, 1.82) is 0 Å². The second-order valence-corrected chi connectivity index (χ2v) is 7.69. The molecule has 1 saturated heterocycles. The third kappa shape index (κ3) is 4.50. The van der Waals surface area contributed by atoms with E-state index in [0.29, 0.717) is 5.92 Å². The van der Waals surface area contributed by atoms with Crippen molar-refractivity contribution in [3.63, 3.8) is 0 Å². The predicted octanol–water partition coefficient (Wildman–Crippen LogP) is 3.23. The van der Waals surface area contributed by atoms with Gasteiger partial charge in [0.05, 0.1) is 0 Å². The van der Waals surface area contributed by atoms with Gasteiger partial charge in [-0.05, 0) is 24.3 Å². The van der Waals surface area contributed by atoms with Crippen molar-refractivity contribution in [2.75, 3.05) is 32.7 Å². The minimum absolute atomic E-state index is 0.129. The summed E-state index contributed by atoms with van der Waals surface area (Å²) < 4.78 is 3.23. The van der Waals surface area contributed by atoms with Gasteiger partial charge in [-0.3, -0.25) is 9.69 Å². The zero-order chi connectivity index (χ0) is 17.8. The lowest BCUT2D eigenvalue weighted by atomic mass is 10.2. The van der Waals surface area contributed by atoms with E-state index in [1.165, 1.54) is 0 Å². The van der Waals surface area contributed by atoms with Crippen LogP contribution >= 0.6 is 15.9 Å². The number of hydrogen-bond acceptors (Lipinski definition) is 3. The Hall–Kier alpha value is -1.66. The Morgan fingerprint density at radius 2 is 1.80 bits per heavy atom. The predicted molar refractivity (Wildman–Crippen MR) is 103 cm³/mol. The molecule has 0 bridgehead atoms. The molecule has 1 aromatic heterocycles. The lowest BCUT2D eigenvalue weighted by Crippen LogP contribution is -2.49. The number of rotatable bonds is 5. The highest BCUT2D eigenvalue weighted by atomic mass is 79.9. The van der Waals surface area contributed by atoms with E-state index in [1.807, 2.05) is 35.4 Å². The van der Waals surface area contributed by atoms with Gasteiger partial charge in [0, 0.05) is 67.6 Å². The molecule has 25 heavy (non-hydrogen) atoms. The first kappa shape index (κ1) is 18.1. The smallest absolute Gasteiger partial charge is 0.253 e. The third-order valence-electron chi connectivity index (χ3n) is 4.67. The summed E-state index contributed by atoms with van der Waals surface area (Å²) in [6, 6.07) is 7.60. The van der Waals surface area contributed by atoms with Crippen molar-refractivity contribution in [1.82, 2.24) is 19.4 Å². The van der Waals surface area contributed by atoms with Crippen LogP contribution in [-0.2, 0) is 6.54 Å². The SMILES string of the molecule is CC(C)c1nccn1CCN1CCN(C(=O)c2ccc(Br)cc2)CC1. The number of amides is 1. The van der Waals surface area contributed by atoms with Crippen molar-refractivity contribution >= 4 is 21.8 Å². The van der Waals surface area contributed by atoms with Crippen molar-refractivity contribution in [2.24, 2.45) is 0 Å². The Balaban J connectivity index is 1.49. The number of aromatic nitrogens is 2. The van der Waals surface area contributed by atoms with Crippen LogP contribution in [0.5, 0.6) is 0 Å². The number of hydrogen-bond donors (Lipinski definition) is 0. The minimum atomic E-state index is 0.129. The number of piperazine rings is 1. The maximum Gasteiger partial charge on any atom is 0.253 e. The second kappa shape index (κ2) is 8.15. The number of nitrogens with zero attached hydrogens (tertiary/aromatic N) is 4. The molecule has 0 atom stereocenters. The number of imidazole rings is 1. The molecular formula is C19H25BrN4O. The molecule has 134 valence electrons. The van der Waals surface area contributed by atoms with Gasteiger partial charge >= 0.3 is 0 Å². The molecule has 0 radical (unpaired) electrons. The quantitative estimate of drug-likeness (QED) is 0.767. The summed E-state index contributed by atoms with van der Waals surface area (Å²) in [5.74, 6) is 1.71. The Labute approximate surface area is 157 Å². The Morgan fingerprint density at radius 3 is 2.44 bits per heavy atom. The van der Waals surface area contributed by atoms with E-state index in [1.54, 1.807) is 0 Å². The normalized spacial score (nSPS) is 15.8. The number of halogens is 1. The number of benzene rings is 1. The molecule has 0 spiro atoms. The highest BCUT2D eigenvalue weighted by molar-refractivity contribution is 9.10. The summed E-state index contributed by atoms with van der Waals surface area (Å²) in [7, 11) is 0. The standard InChI is InChI=1S/C19H25BrN4O/c1-15(2)18-21-7-8-23(18)12-9-22-10-13-24(14-11-22)19(25)16-3-5-17(20)6-4-16/h3-8,15H,9-14H2,1-2H3. The first-order valence-electron chi connectivity index (χ1n) is 8.83. The highest BCUT2D eigenvalue weighted by Crippen LogP contribution is 2.14. The van der Waals surface area contributed by atoms with Crippen LogP contribution < -0.4 is 0 Å². The monoisotopic (exact) mass is 404 g/mol. The fourth-order valence-corrected chi connectivity index (χ4v) is 3.47. The fraction of sp³-hybridized carbons (Fsp3) is 0.474. The van der Waals surface area contributed by atoms with Crippen molar-refractivity contribution in [3.05, 3.63) is 52.5 Å². The van der Waals surface area contributed by atoms with Gasteiger partial charge in [0.15, 0.2) is 0 Å². The molecule has 1 aliphatic rings. The molecule has 5 nitrogen and oxygen atoms in total. The van der Waals surface area contributed by atoms with E-state index in [2.05, 4.69) is 50.4 Å². The number of carbonyl (C=O) groups is 1. The Bertz CT molecular complexity index is 702. The van der Waals surface area contributed by atoms with Crippen LogP contribution in [0, 0.1) is 0 Å². The average Bonchev–Trinajstić information content (AvgIpc) is 3.09. The van der Waals surface area contributed by atoms with Gasteiger partial charge in [-0.15, -0.1) is 0 Å². The molecule has 0 saturated carbocycles. The van der Waals surface area contributed by atoms with Crippen LogP contribution in [0.1, 0.15) is 35.9 Å². The Morgan fingerprint density at radius 1 is 1.12 bits per heavy atom. The maximum atomic E-state index is 12.6. The van der Waals surface area contributed by atoms with Crippen LogP contribution in [-0.4, -0.2) is 58.0 Å². The van der Waals surface area contributed by atoms with Gasteiger partial charge in [-0.2, -0.15) is 0 Å². The van der Waals surface area contributed by atoms with Gasteiger partial charge in [0.1, 0.15) is 5.82 Å². The van der Waals surface area contributed by atoms with E-state index in [0.717, 1.165) is 55.1 Å². The second-order valence-electron chi connectivity index (χ2n) is 6.77. The van der Waals surface area contributed by atoms with E-state index >= 15 is 0 Å². The molecule has 6 heteroatoms. The molecule has 1 fully saturated rings. The minimum Gasteiger partial charge on any atom is -0.336 e. The van der Waals surface area contributed by atoms with E-state index in [-0.39, 0.29) is 5.91 Å². The van der Waals surface area contributed by atoms with Crippen LogP contribution in [0.3, 0.4) is 0 Å². The van der Waals surface area contributed by atoms with Crippen molar-refractivity contribution < 1.29 is 4.79 Å². The molecular weight excluding hydrogens is 380 g/mol. The van der Waals surface area contributed by atoms with Gasteiger partial charge in [-0.1, -0.05) is 29.8 Å². The van der Waals surface area contributed by atoms with Gasteiger partial charge < -0.3 is 9.47 Å². The van der Waals surface area contributed by atoms with Gasteiger partial charge in [0.25, 0.3) is 5.91 Å². The van der Waals surface area contributed by atoms with E-state index in [4.69, 9.17) is 0 Å². The lowest BCUT2D eigenvalue weighted by Gasteiger charge is -2.35. The summed E-state index contributed by atoms with van der Waals surface area (Å²) in [5.41, 5.74) is 0.761. The maximum absolute atomic E-state index is 12.6. The van der Waals surface area contributed by atoms with E-state index < -0.39 is 0 Å². The van der Waals surface area contributed by atoms with Crippen LogP contribution in [0.4, 0.5) is 0 Å².